The maximum atomic E-state index is 11.8. The van der Waals surface area contributed by atoms with Gasteiger partial charge in [-0.1, -0.05) is 29.3 Å². The molecular formula is C11H11Cl2NO4. The van der Waals surface area contributed by atoms with E-state index in [2.05, 4.69) is 10.1 Å². The van der Waals surface area contributed by atoms with Crippen LogP contribution in [0.5, 0.6) is 0 Å². The van der Waals surface area contributed by atoms with E-state index in [9.17, 15) is 9.59 Å². The summed E-state index contributed by atoms with van der Waals surface area (Å²) in [6.45, 7) is -0.573. The Morgan fingerprint density at radius 3 is 2.67 bits per heavy atom. The van der Waals surface area contributed by atoms with Crippen LogP contribution < -0.4 is 5.32 Å². The number of amides is 1. The molecule has 1 amide bonds. The molecule has 0 aliphatic rings. The number of nitrogens with one attached hydrogen (secondary N) is 1. The lowest BCUT2D eigenvalue weighted by molar-refractivity contribution is -0.143. The summed E-state index contributed by atoms with van der Waals surface area (Å²) >= 11 is 11.6. The number of aliphatic hydroxyl groups is 1. The molecule has 18 heavy (non-hydrogen) atoms. The Balaban J connectivity index is 2.88. The van der Waals surface area contributed by atoms with Crippen molar-refractivity contribution in [3.05, 3.63) is 33.8 Å². The second-order valence-corrected chi connectivity index (χ2v) is 4.12. The highest BCUT2D eigenvalue weighted by atomic mass is 35.5. The molecule has 0 aliphatic heterocycles. The molecule has 0 saturated carbocycles. The number of esters is 1. The van der Waals surface area contributed by atoms with Crippen molar-refractivity contribution in [2.45, 2.75) is 6.04 Å². The van der Waals surface area contributed by atoms with Crippen LogP contribution in [0.15, 0.2) is 18.2 Å². The summed E-state index contributed by atoms with van der Waals surface area (Å²) in [4.78, 5) is 23.0. The first kappa shape index (κ1) is 14.8. The highest BCUT2D eigenvalue weighted by Gasteiger charge is 2.22. The SMILES string of the molecule is COC(=O)C(CO)NC(=O)c1cccc(Cl)c1Cl. The molecule has 1 atom stereocenters. The van der Waals surface area contributed by atoms with E-state index in [1.807, 2.05) is 0 Å². The van der Waals surface area contributed by atoms with Gasteiger partial charge in [0.25, 0.3) is 5.91 Å². The Morgan fingerprint density at radius 2 is 2.11 bits per heavy atom. The number of aliphatic hydroxyl groups excluding tert-OH is 1. The molecule has 0 bridgehead atoms. The molecule has 0 spiro atoms. The van der Waals surface area contributed by atoms with E-state index in [0.717, 1.165) is 7.11 Å². The Labute approximate surface area is 114 Å². The summed E-state index contributed by atoms with van der Waals surface area (Å²) in [6, 6.07) is 3.40. The highest BCUT2D eigenvalue weighted by Crippen LogP contribution is 2.25. The molecule has 1 rings (SSSR count). The number of benzene rings is 1. The zero-order chi connectivity index (χ0) is 13.7. The minimum absolute atomic E-state index is 0.0817. The Morgan fingerprint density at radius 1 is 1.44 bits per heavy atom. The third-order valence-corrected chi connectivity index (χ3v) is 2.99. The van der Waals surface area contributed by atoms with Gasteiger partial charge in [0.15, 0.2) is 6.04 Å². The second-order valence-electron chi connectivity index (χ2n) is 3.33. The molecule has 0 aromatic heterocycles. The van der Waals surface area contributed by atoms with Gasteiger partial charge in [0.2, 0.25) is 0 Å². The van der Waals surface area contributed by atoms with Crippen molar-refractivity contribution in [2.24, 2.45) is 0 Å². The van der Waals surface area contributed by atoms with E-state index >= 15 is 0 Å². The van der Waals surface area contributed by atoms with E-state index in [0.29, 0.717) is 0 Å². The molecule has 0 heterocycles. The molecule has 5 nitrogen and oxygen atoms in total. The summed E-state index contributed by atoms with van der Waals surface area (Å²) < 4.78 is 4.42. The van der Waals surface area contributed by atoms with E-state index in [4.69, 9.17) is 28.3 Å². The molecule has 0 radical (unpaired) electrons. The van der Waals surface area contributed by atoms with E-state index in [-0.39, 0.29) is 15.6 Å². The van der Waals surface area contributed by atoms with Crippen molar-refractivity contribution in [3.63, 3.8) is 0 Å². The van der Waals surface area contributed by atoms with Crippen LogP contribution in [0, 0.1) is 0 Å². The van der Waals surface area contributed by atoms with Gasteiger partial charge in [-0.05, 0) is 12.1 Å². The first-order valence-electron chi connectivity index (χ1n) is 4.94. The van der Waals surface area contributed by atoms with Crippen LogP contribution in [0.25, 0.3) is 0 Å². The van der Waals surface area contributed by atoms with Gasteiger partial charge >= 0.3 is 5.97 Å². The molecule has 1 unspecified atom stereocenters. The third-order valence-electron chi connectivity index (χ3n) is 2.17. The zero-order valence-corrected chi connectivity index (χ0v) is 11.0. The van der Waals surface area contributed by atoms with Crippen molar-refractivity contribution in [1.82, 2.24) is 5.32 Å². The Hall–Kier alpha value is -1.30. The topological polar surface area (TPSA) is 75.6 Å². The highest BCUT2D eigenvalue weighted by molar-refractivity contribution is 6.43. The van der Waals surface area contributed by atoms with Crippen LogP contribution >= 0.6 is 23.2 Å². The van der Waals surface area contributed by atoms with Crippen molar-refractivity contribution < 1.29 is 19.4 Å². The predicted octanol–water partition coefficient (Wildman–Crippen LogP) is 1.26. The number of hydrogen-bond acceptors (Lipinski definition) is 4. The quantitative estimate of drug-likeness (QED) is 0.819. The summed E-state index contributed by atoms with van der Waals surface area (Å²) in [5.41, 5.74) is 0.117. The average Bonchev–Trinajstić information content (AvgIpc) is 2.37. The Kier molecular flexibility index (Phi) is 5.40. The molecule has 0 aliphatic carbocycles. The molecular weight excluding hydrogens is 281 g/mol. The first-order valence-corrected chi connectivity index (χ1v) is 5.70. The van der Waals surface area contributed by atoms with Gasteiger partial charge in [-0.15, -0.1) is 0 Å². The van der Waals surface area contributed by atoms with Gasteiger partial charge < -0.3 is 15.2 Å². The molecule has 2 N–H and O–H groups in total. The maximum absolute atomic E-state index is 11.8. The van der Waals surface area contributed by atoms with E-state index in [1.54, 1.807) is 6.07 Å². The molecule has 0 saturated heterocycles. The number of rotatable bonds is 4. The molecule has 7 heteroatoms. The lowest BCUT2D eigenvalue weighted by Crippen LogP contribution is -2.44. The Bertz CT molecular complexity index is 464. The monoisotopic (exact) mass is 291 g/mol. The van der Waals surface area contributed by atoms with Crippen LogP contribution in [0.1, 0.15) is 10.4 Å². The predicted molar refractivity (Wildman–Crippen MR) is 66.8 cm³/mol. The summed E-state index contributed by atoms with van der Waals surface area (Å²) in [5, 5.41) is 11.6. The fourth-order valence-corrected chi connectivity index (χ4v) is 1.62. The van der Waals surface area contributed by atoms with Crippen molar-refractivity contribution in [3.8, 4) is 0 Å². The third kappa shape index (κ3) is 3.35. The second kappa shape index (κ2) is 6.58. The number of hydrogen-bond donors (Lipinski definition) is 2. The van der Waals surface area contributed by atoms with Crippen LogP contribution in [0.3, 0.4) is 0 Å². The van der Waals surface area contributed by atoms with Crippen molar-refractivity contribution in [1.29, 1.82) is 0 Å². The maximum Gasteiger partial charge on any atom is 0.330 e. The van der Waals surface area contributed by atoms with Gasteiger partial charge in [0, 0.05) is 0 Å². The van der Waals surface area contributed by atoms with Gasteiger partial charge in [-0.2, -0.15) is 0 Å². The fraction of sp³-hybridized carbons (Fsp3) is 0.273. The van der Waals surface area contributed by atoms with Crippen LogP contribution in [0.4, 0.5) is 0 Å². The van der Waals surface area contributed by atoms with E-state index in [1.165, 1.54) is 12.1 Å². The number of methoxy groups -OCH3 is 1. The number of ether oxygens (including phenoxy) is 1. The van der Waals surface area contributed by atoms with Crippen LogP contribution in [-0.4, -0.2) is 36.7 Å². The number of carbonyl (C=O) groups excluding carboxylic acids is 2. The lowest BCUT2D eigenvalue weighted by atomic mass is 10.2. The zero-order valence-electron chi connectivity index (χ0n) is 9.44. The minimum atomic E-state index is -1.14. The van der Waals surface area contributed by atoms with Crippen molar-refractivity contribution in [2.75, 3.05) is 13.7 Å². The van der Waals surface area contributed by atoms with Crippen LogP contribution in [0.2, 0.25) is 10.0 Å². The number of halogens is 2. The standard InChI is InChI=1S/C11H11Cl2NO4/c1-18-11(17)8(5-15)14-10(16)6-3-2-4-7(12)9(6)13/h2-4,8,15H,5H2,1H3,(H,14,16). The molecule has 1 aromatic rings. The minimum Gasteiger partial charge on any atom is -0.467 e. The summed E-state index contributed by atoms with van der Waals surface area (Å²) in [5.74, 6) is -1.36. The normalized spacial score (nSPS) is 11.8. The summed E-state index contributed by atoms with van der Waals surface area (Å²) in [7, 11) is 1.16. The van der Waals surface area contributed by atoms with Crippen molar-refractivity contribution >= 4 is 35.1 Å². The number of carbonyl (C=O) groups is 2. The van der Waals surface area contributed by atoms with E-state index < -0.39 is 24.5 Å². The van der Waals surface area contributed by atoms with Gasteiger partial charge in [-0.3, -0.25) is 4.79 Å². The largest absolute Gasteiger partial charge is 0.467 e. The first-order chi connectivity index (χ1) is 8.51. The van der Waals surface area contributed by atoms with Gasteiger partial charge in [-0.25, -0.2) is 4.79 Å². The molecule has 98 valence electrons. The lowest BCUT2D eigenvalue weighted by Gasteiger charge is -2.14. The fourth-order valence-electron chi connectivity index (χ4n) is 1.24. The molecule has 0 fully saturated rings. The van der Waals surface area contributed by atoms with Crippen LogP contribution in [-0.2, 0) is 9.53 Å². The van der Waals surface area contributed by atoms with Gasteiger partial charge in [0.05, 0.1) is 29.3 Å². The van der Waals surface area contributed by atoms with Gasteiger partial charge in [0.1, 0.15) is 0 Å². The smallest absolute Gasteiger partial charge is 0.330 e. The molecule has 1 aromatic carbocycles. The average molecular weight is 292 g/mol. The summed E-state index contributed by atoms with van der Waals surface area (Å²) in [6.07, 6.45) is 0.